The molecule has 0 saturated carbocycles. The fraction of sp³-hybridized carbons (Fsp3) is 0.350. The minimum Gasteiger partial charge on any atom is -0.497 e. The van der Waals surface area contributed by atoms with E-state index >= 15 is 0 Å². The highest BCUT2D eigenvalue weighted by atomic mass is 32.2. The van der Waals surface area contributed by atoms with Crippen LogP contribution >= 0.6 is 0 Å². The van der Waals surface area contributed by atoms with Crippen molar-refractivity contribution in [3.63, 3.8) is 0 Å². The lowest BCUT2D eigenvalue weighted by Gasteiger charge is -2.37. The number of piperidine rings is 1. The second kappa shape index (κ2) is 8.28. The van der Waals surface area contributed by atoms with Gasteiger partial charge in [0.05, 0.1) is 17.9 Å². The Kier molecular flexibility index (Phi) is 6.00. The van der Waals surface area contributed by atoms with Crippen LogP contribution in [0.15, 0.2) is 53.4 Å². The van der Waals surface area contributed by atoms with Gasteiger partial charge in [-0.05, 0) is 54.8 Å². The standard InChI is InChI=1S/C20H22FNO5S/c1-27-17-6-8-18(9-7-17)28(25,26)19-12-15(20(23)24)10-11-22(19)13-14-2-4-16(21)5-3-14/h2-9,15,19H,10-13H2,1H3,(H,23,24). The number of hydrogen-bond donors (Lipinski definition) is 1. The number of methoxy groups -OCH3 is 1. The van der Waals surface area contributed by atoms with Crippen molar-refractivity contribution < 1.29 is 27.4 Å². The van der Waals surface area contributed by atoms with Crippen LogP contribution in [0.3, 0.4) is 0 Å². The van der Waals surface area contributed by atoms with E-state index in [-0.39, 0.29) is 17.1 Å². The zero-order valence-corrected chi connectivity index (χ0v) is 16.2. The third-order valence-corrected chi connectivity index (χ3v) is 7.19. The number of likely N-dealkylation sites (tertiary alicyclic amines) is 1. The number of halogens is 1. The van der Waals surface area contributed by atoms with Gasteiger partial charge in [0.25, 0.3) is 0 Å². The Labute approximate surface area is 163 Å². The molecule has 2 aromatic rings. The number of benzene rings is 2. The molecule has 1 heterocycles. The SMILES string of the molecule is COc1ccc(S(=O)(=O)C2CC(C(=O)O)CCN2Cc2ccc(F)cc2)cc1. The predicted octanol–water partition coefficient (Wildman–Crippen LogP) is 2.93. The lowest BCUT2D eigenvalue weighted by Crippen LogP contribution is -2.47. The maximum absolute atomic E-state index is 13.3. The first-order valence-corrected chi connectivity index (χ1v) is 10.4. The van der Waals surface area contributed by atoms with Crippen LogP contribution in [0.1, 0.15) is 18.4 Å². The van der Waals surface area contributed by atoms with Gasteiger partial charge < -0.3 is 9.84 Å². The van der Waals surface area contributed by atoms with E-state index in [0.29, 0.717) is 25.3 Å². The maximum Gasteiger partial charge on any atom is 0.306 e. The molecule has 0 bridgehead atoms. The highest BCUT2D eigenvalue weighted by Crippen LogP contribution is 2.32. The van der Waals surface area contributed by atoms with Crippen LogP contribution in [0, 0.1) is 11.7 Å². The van der Waals surface area contributed by atoms with Crippen LogP contribution in [0.25, 0.3) is 0 Å². The summed E-state index contributed by atoms with van der Waals surface area (Å²) in [6.45, 7) is 0.626. The number of carboxylic acid groups (broad SMARTS) is 1. The molecule has 28 heavy (non-hydrogen) atoms. The molecule has 1 N–H and O–H groups in total. The van der Waals surface area contributed by atoms with Crippen molar-refractivity contribution in [1.29, 1.82) is 0 Å². The summed E-state index contributed by atoms with van der Waals surface area (Å²) in [6, 6.07) is 11.9. The van der Waals surface area contributed by atoms with Gasteiger partial charge in [-0.1, -0.05) is 12.1 Å². The summed E-state index contributed by atoms with van der Waals surface area (Å²) in [4.78, 5) is 13.4. The van der Waals surface area contributed by atoms with Crippen LogP contribution in [0.2, 0.25) is 0 Å². The summed E-state index contributed by atoms with van der Waals surface area (Å²) < 4.78 is 44.8. The average Bonchev–Trinajstić information content (AvgIpc) is 2.69. The topological polar surface area (TPSA) is 83.9 Å². The fourth-order valence-corrected chi connectivity index (χ4v) is 5.34. The second-order valence-corrected chi connectivity index (χ2v) is 8.94. The first kappa shape index (κ1) is 20.3. The van der Waals surface area contributed by atoms with Crippen LogP contribution in [0.5, 0.6) is 5.75 Å². The molecule has 0 amide bonds. The van der Waals surface area contributed by atoms with Gasteiger partial charge in [0.1, 0.15) is 16.9 Å². The quantitative estimate of drug-likeness (QED) is 0.793. The third-order valence-electron chi connectivity index (χ3n) is 5.05. The molecule has 1 fully saturated rings. The Bertz CT molecular complexity index is 928. The number of sulfone groups is 1. The number of rotatable bonds is 6. The number of carbonyl (C=O) groups is 1. The molecular weight excluding hydrogens is 385 g/mol. The first-order chi connectivity index (χ1) is 13.3. The first-order valence-electron chi connectivity index (χ1n) is 8.90. The van der Waals surface area contributed by atoms with Gasteiger partial charge in [0.15, 0.2) is 9.84 Å². The number of hydrogen-bond acceptors (Lipinski definition) is 5. The number of nitrogens with zero attached hydrogens (tertiary/aromatic N) is 1. The van der Waals surface area contributed by atoms with Crippen molar-refractivity contribution in [3.8, 4) is 5.75 Å². The van der Waals surface area contributed by atoms with Crippen molar-refractivity contribution in [3.05, 3.63) is 59.9 Å². The summed E-state index contributed by atoms with van der Waals surface area (Å²) in [5.74, 6) is -1.54. The average molecular weight is 407 g/mol. The largest absolute Gasteiger partial charge is 0.497 e. The predicted molar refractivity (Wildman–Crippen MR) is 101 cm³/mol. The van der Waals surface area contributed by atoms with Gasteiger partial charge >= 0.3 is 5.97 Å². The van der Waals surface area contributed by atoms with Gasteiger partial charge in [-0.15, -0.1) is 0 Å². The van der Waals surface area contributed by atoms with E-state index < -0.39 is 27.1 Å². The molecular formula is C20H22FNO5S. The molecule has 3 rings (SSSR count). The highest BCUT2D eigenvalue weighted by Gasteiger charge is 2.40. The molecule has 2 atom stereocenters. The summed E-state index contributed by atoms with van der Waals surface area (Å²) in [5.41, 5.74) is 0.769. The van der Waals surface area contributed by atoms with Crippen molar-refractivity contribution >= 4 is 15.8 Å². The molecule has 6 nitrogen and oxygen atoms in total. The Balaban J connectivity index is 1.91. The van der Waals surface area contributed by atoms with Gasteiger partial charge in [-0.2, -0.15) is 0 Å². The minimum absolute atomic E-state index is 0.00485. The summed E-state index contributed by atoms with van der Waals surface area (Å²) >= 11 is 0. The molecule has 0 aromatic heterocycles. The van der Waals surface area contributed by atoms with E-state index in [9.17, 15) is 22.7 Å². The fourth-order valence-electron chi connectivity index (χ4n) is 3.45. The summed E-state index contributed by atoms with van der Waals surface area (Å²) in [5, 5.41) is 8.42. The molecule has 1 aliphatic rings. The van der Waals surface area contributed by atoms with Crippen molar-refractivity contribution in [2.24, 2.45) is 5.92 Å². The Hall–Kier alpha value is -2.45. The smallest absolute Gasteiger partial charge is 0.306 e. The van der Waals surface area contributed by atoms with E-state index in [1.165, 1.54) is 31.4 Å². The molecule has 0 aliphatic carbocycles. The van der Waals surface area contributed by atoms with Crippen LogP contribution in [-0.4, -0.2) is 43.4 Å². The Morgan fingerprint density at radius 2 is 1.82 bits per heavy atom. The highest BCUT2D eigenvalue weighted by molar-refractivity contribution is 7.92. The monoisotopic (exact) mass is 407 g/mol. The molecule has 2 aromatic carbocycles. The molecule has 0 radical (unpaired) electrons. The van der Waals surface area contributed by atoms with E-state index in [4.69, 9.17) is 4.74 Å². The minimum atomic E-state index is -3.80. The lowest BCUT2D eigenvalue weighted by molar-refractivity contribution is -0.143. The van der Waals surface area contributed by atoms with Gasteiger partial charge in [0, 0.05) is 13.1 Å². The van der Waals surface area contributed by atoms with Crippen LogP contribution in [0.4, 0.5) is 4.39 Å². The number of carboxylic acids is 1. The molecule has 0 spiro atoms. The maximum atomic E-state index is 13.3. The molecule has 1 saturated heterocycles. The lowest BCUT2D eigenvalue weighted by atomic mass is 9.96. The Morgan fingerprint density at radius 3 is 2.39 bits per heavy atom. The third kappa shape index (κ3) is 4.34. The van der Waals surface area contributed by atoms with Crippen LogP contribution in [-0.2, 0) is 21.2 Å². The van der Waals surface area contributed by atoms with Crippen LogP contribution < -0.4 is 4.74 Å². The van der Waals surface area contributed by atoms with Crippen molar-refractivity contribution in [2.45, 2.75) is 29.7 Å². The summed E-state index contributed by atoms with van der Waals surface area (Å²) in [7, 11) is -2.31. The normalized spacial score (nSPS) is 20.6. The van der Waals surface area contributed by atoms with E-state index in [1.807, 2.05) is 0 Å². The second-order valence-electron chi connectivity index (χ2n) is 6.83. The zero-order valence-electron chi connectivity index (χ0n) is 15.4. The summed E-state index contributed by atoms with van der Waals surface area (Å²) in [6.07, 6.45) is 0.371. The zero-order chi connectivity index (χ0) is 20.3. The van der Waals surface area contributed by atoms with E-state index in [0.717, 1.165) is 5.56 Å². The molecule has 2 unspecified atom stereocenters. The van der Waals surface area contributed by atoms with Gasteiger partial charge in [-0.3, -0.25) is 9.69 Å². The number of ether oxygens (including phenoxy) is 1. The van der Waals surface area contributed by atoms with Crippen molar-refractivity contribution in [2.75, 3.05) is 13.7 Å². The molecule has 1 aliphatic heterocycles. The Morgan fingerprint density at radius 1 is 1.18 bits per heavy atom. The number of aliphatic carboxylic acids is 1. The van der Waals surface area contributed by atoms with Gasteiger partial charge in [-0.25, -0.2) is 12.8 Å². The van der Waals surface area contributed by atoms with Crippen molar-refractivity contribution in [1.82, 2.24) is 4.90 Å². The van der Waals surface area contributed by atoms with E-state index in [2.05, 4.69) is 0 Å². The molecule has 8 heteroatoms. The van der Waals surface area contributed by atoms with Gasteiger partial charge in [0.2, 0.25) is 0 Å². The van der Waals surface area contributed by atoms with E-state index in [1.54, 1.807) is 29.2 Å². The molecule has 150 valence electrons.